The Labute approximate surface area is 188 Å². The molecular weight excluding hydrogens is 422 g/mol. The fourth-order valence-electron chi connectivity index (χ4n) is 4.27. The summed E-state index contributed by atoms with van der Waals surface area (Å²) in [5.41, 5.74) is 9.85. The summed E-state index contributed by atoms with van der Waals surface area (Å²) in [6, 6.07) is 23.5. The number of fused-ring (bicyclic) bond motifs is 3. The Bertz CT molecular complexity index is 1500. The molecule has 1 amide bonds. The molecule has 0 unspecified atom stereocenters. The number of aromatic nitrogens is 1. The van der Waals surface area contributed by atoms with E-state index in [2.05, 4.69) is 6.07 Å². The Morgan fingerprint density at radius 1 is 0.970 bits per heavy atom. The highest BCUT2D eigenvalue weighted by Gasteiger charge is 2.18. The standard InChI is InChI=1S/C27H19F2N2O2/c1-33-21-8-5-17(6-9-21)18-7-10-22-25(13-18)31(15-16-11-19(28)14-20(29)12-16)24-4-2-3-23(26(22)24)27(30)32/h2-9,11-14H,15H2,1H3,(H2,30,32). The van der Waals surface area contributed by atoms with E-state index in [0.29, 0.717) is 21.9 Å². The van der Waals surface area contributed by atoms with Crippen LogP contribution in [0.3, 0.4) is 0 Å². The number of nitrogens with zero attached hydrogens (tertiary/aromatic N) is 1. The number of nitrogens with two attached hydrogens (primary N) is 1. The van der Waals surface area contributed by atoms with Gasteiger partial charge in [0.15, 0.2) is 0 Å². The van der Waals surface area contributed by atoms with Crippen molar-refractivity contribution in [3.8, 4) is 16.9 Å². The molecule has 33 heavy (non-hydrogen) atoms. The van der Waals surface area contributed by atoms with Crippen molar-refractivity contribution in [1.82, 2.24) is 4.57 Å². The number of amides is 1. The van der Waals surface area contributed by atoms with Gasteiger partial charge in [-0.25, -0.2) is 8.78 Å². The molecule has 1 aromatic heterocycles. The Morgan fingerprint density at radius 2 is 1.70 bits per heavy atom. The highest BCUT2D eigenvalue weighted by atomic mass is 19.1. The second kappa shape index (κ2) is 8.06. The van der Waals surface area contributed by atoms with Crippen molar-refractivity contribution < 1.29 is 18.3 Å². The van der Waals surface area contributed by atoms with Crippen LogP contribution in [0.1, 0.15) is 15.9 Å². The van der Waals surface area contributed by atoms with E-state index in [1.165, 1.54) is 12.1 Å². The highest BCUT2D eigenvalue weighted by Crippen LogP contribution is 2.35. The van der Waals surface area contributed by atoms with Crippen LogP contribution in [0.4, 0.5) is 8.78 Å². The van der Waals surface area contributed by atoms with E-state index in [-0.39, 0.29) is 6.54 Å². The number of hydrogen-bond donors (Lipinski definition) is 1. The van der Waals surface area contributed by atoms with Crippen molar-refractivity contribution in [2.45, 2.75) is 6.54 Å². The molecule has 4 aromatic carbocycles. The second-order valence-corrected chi connectivity index (χ2v) is 7.80. The Morgan fingerprint density at radius 3 is 2.36 bits per heavy atom. The number of carbonyl (C=O) groups is 1. The number of rotatable bonds is 5. The van der Waals surface area contributed by atoms with Crippen LogP contribution < -0.4 is 10.5 Å². The molecule has 1 radical (unpaired) electrons. The topological polar surface area (TPSA) is 57.2 Å². The number of hydrogen-bond acceptors (Lipinski definition) is 2. The number of carbonyl (C=O) groups excluding carboxylic acids is 1. The maximum atomic E-state index is 13.9. The van der Waals surface area contributed by atoms with Crippen molar-refractivity contribution >= 4 is 27.7 Å². The second-order valence-electron chi connectivity index (χ2n) is 7.80. The van der Waals surface area contributed by atoms with Crippen molar-refractivity contribution in [2.24, 2.45) is 5.73 Å². The summed E-state index contributed by atoms with van der Waals surface area (Å²) in [5, 5.41) is 1.38. The summed E-state index contributed by atoms with van der Waals surface area (Å²) in [7, 11) is 1.61. The van der Waals surface area contributed by atoms with E-state index in [9.17, 15) is 13.6 Å². The molecule has 0 saturated heterocycles. The highest BCUT2D eigenvalue weighted by molar-refractivity contribution is 6.18. The Balaban J connectivity index is 1.77. The lowest BCUT2D eigenvalue weighted by atomic mass is 10.0. The molecule has 0 aliphatic carbocycles. The van der Waals surface area contributed by atoms with Gasteiger partial charge in [-0.1, -0.05) is 18.2 Å². The molecule has 5 aromatic rings. The van der Waals surface area contributed by atoms with Gasteiger partial charge in [0.2, 0.25) is 5.91 Å². The summed E-state index contributed by atoms with van der Waals surface area (Å²) in [6.07, 6.45) is 0. The number of benzene rings is 4. The maximum absolute atomic E-state index is 13.9. The van der Waals surface area contributed by atoms with Gasteiger partial charge in [-0.2, -0.15) is 0 Å². The van der Waals surface area contributed by atoms with E-state index in [1.54, 1.807) is 19.2 Å². The van der Waals surface area contributed by atoms with Gasteiger partial charge in [0.25, 0.3) is 0 Å². The molecule has 0 aliphatic rings. The molecule has 2 N–H and O–H groups in total. The minimum atomic E-state index is -0.644. The van der Waals surface area contributed by atoms with E-state index in [4.69, 9.17) is 10.5 Å². The normalized spacial score (nSPS) is 11.2. The molecule has 6 heteroatoms. The van der Waals surface area contributed by atoms with Crippen molar-refractivity contribution in [1.29, 1.82) is 0 Å². The summed E-state index contributed by atoms with van der Waals surface area (Å²) in [6.45, 7) is 0.205. The average molecular weight is 441 g/mol. The van der Waals surface area contributed by atoms with Crippen LogP contribution >= 0.6 is 0 Å². The molecule has 5 rings (SSSR count). The zero-order valence-electron chi connectivity index (χ0n) is 17.7. The van der Waals surface area contributed by atoms with E-state index < -0.39 is 17.5 Å². The van der Waals surface area contributed by atoms with Crippen LogP contribution in [0.2, 0.25) is 0 Å². The number of ether oxygens (including phenoxy) is 1. The molecule has 0 fully saturated rings. The zero-order valence-corrected chi connectivity index (χ0v) is 17.7. The summed E-state index contributed by atoms with van der Waals surface area (Å²) in [5.74, 6) is -1.09. The first-order chi connectivity index (χ1) is 15.9. The Hall–Kier alpha value is -4.19. The van der Waals surface area contributed by atoms with E-state index in [1.807, 2.05) is 47.0 Å². The van der Waals surface area contributed by atoms with Gasteiger partial charge >= 0.3 is 0 Å². The zero-order chi connectivity index (χ0) is 23.1. The smallest absolute Gasteiger partial charge is 0.249 e. The first-order valence-electron chi connectivity index (χ1n) is 10.3. The fourth-order valence-corrected chi connectivity index (χ4v) is 4.27. The van der Waals surface area contributed by atoms with Crippen molar-refractivity contribution in [3.05, 3.63) is 102 Å². The molecule has 0 saturated carbocycles. The molecule has 0 atom stereocenters. The summed E-state index contributed by atoms with van der Waals surface area (Å²) < 4.78 is 34.9. The van der Waals surface area contributed by atoms with Crippen molar-refractivity contribution in [2.75, 3.05) is 7.11 Å². The summed E-state index contributed by atoms with van der Waals surface area (Å²) >= 11 is 0. The average Bonchev–Trinajstić information content (AvgIpc) is 3.11. The van der Waals surface area contributed by atoms with E-state index >= 15 is 0 Å². The molecule has 4 nitrogen and oxygen atoms in total. The third-order valence-corrected chi connectivity index (χ3v) is 5.75. The number of primary amides is 1. The van der Waals surface area contributed by atoms with Crippen LogP contribution in [0.15, 0.2) is 72.8 Å². The van der Waals surface area contributed by atoms with Crippen LogP contribution in [0.25, 0.3) is 32.9 Å². The van der Waals surface area contributed by atoms with Gasteiger partial charge in [0, 0.05) is 28.9 Å². The first-order valence-corrected chi connectivity index (χ1v) is 10.3. The minimum absolute atomic E-state index is 0.205. The lowest BCUT2D eigenvalue weighted by molar-refractivity contribution is 0.100. The quantitative estimate of drug-likeness (QED) is 0.381. The monoisotopic (exact) mass is 441 g/mol. The predicted octanol–water partition coefficient (Wildman–Crippen LogP) is 5.70. The van der Waals surface area contributed by atoms with E-state index in [0.717, 1.165) is 34.0 Å². The first kappa shape index (κ1) is 20.7. The number of halogens is 2. The van der Waals surface area contributed by atoms with Gasteiger partial charge in [-0.05, 0) is 71.3 Å². The molecule has 163 valence electrons. The van der Waals surface area contributed by atoms with Crippen molar-refractivity contribution in [3.63, 3.8) is 0 Å². The number of methoxy groups -OCH3 is 1. The molecule has 0 aliphatic heterocycles. The molecule has 1 heterocycles. The molecular formula is C27H19F2N2O2. The SMILES string of the molecule is COc1ccc(-c2c[c]c3c4c(C(N)=O)cccc4n(Cc4cc(F)cc(F)c4)c3c2)cc1. The van der Waals surface area contributed by atoms with Crippen LogP contribution in [-0.4, -0.2) is 17.6 Å². The third kappa shape index (κ3) is 3.69. The Kier molecular flexibility index (Phi) is 5.05. The minimum Gasteiger partial charge on any atom is -0.497 e. The maximum Gasteiger partial charge on any atom is 0.249 e. The lowest BCUT2D eigenvalue weighted by Gasteiger charge is -2.10. The largest absolute Gasteiger partial charge is 0.497 e. The molecule has 0 bridgehead atoms. The van der Waals surface area contributed by atoms with Crippen LogP contribution in [-0.2, 0) is 6.54 Å². The van der Waals surface area contributed by atoms with Gasteiger partial charge in [0.1, 0.15) is 17.4 Å². The van der Waals surface area contributed by atoms with Crippen LogP contribution in [0.5, 0.6) is 5.75 Å². The van der Waals surface area contributed by atoms with Gasteiger partial charge in [-0.15, -0.1) is 0 Å². The predicted molar refractivity (Wildman–Crippen MR) is 124 cm³/mol. The van der Waals surface area contributed by atoms with Gasteiger partial charge < -0.3 is 15.0 Å². The van der Waals surface area contributed by atoms with Gasteiger partial charge in [-0.3, -0.25) is 4.79 Å². The third-order valence-electron chi connectivity index (χ3n) is 5.75. The summed E-state index contributed by atoms with van der Waals surface area (Å²) in [4.78, 5) is 12.2. The van der Waals surface area contributed by atoms with Gasteiger partial charge in [0.05, 0.1) is 18.1 Å². The van der Waals surface area contributed by atoms with Crippen LogP contribution in [0, 0.1) is 17.7 Å². The fraction of sp³-hybridized carbons (Fsp3) is 0.0741. The molecule has 0 spiro atoms. The lowest BCUT2D eigenvalue weighted by Crippen LogP contribution is -2.11.